The van der Waals surface area contributed by atoms with Crippen LogP contribution in [-0.2, 0) is 26.8 Å². The van der Waals surface area contributed by atoms with E-state index in [-0.39, 0.29) is 22.3 Å². The van der Waals surface area contributed by atoms with E-state index in [4.69, 9.17) is 23.2 Å². The molecule has 32 heavy (non-hydrogen) atoms. The molecule has 3 N–H and O–H groups in total. The maximum Gasteiger partial charge on any atom is 0.423 e. The van der Waals surface area contributed by atoms with Crippen molar-refractivity contribution < 1.29 is 31.5 Å². The molecule has 0 fully saturated rings. The van der Waals surface area contributed by atoms with Crippen molar-refractivity contribution in [2.45, 2.75) is 18.3 Å². The molecule has 0 aliphatic heterocycles. The Bertz CT molecular complexity index is 1100. The van der Waals surface area contributed by atoms with Crippen LogP contribution in [-0.4, -0.2) is 44.2 Å². The van der Waals surface area contributed by atoms with Crippen molar-refractivity contribution >= 4 is 60.6 Å². The fourth-order valence-electron chi connectivity index (χ4n) is 2.67. The van der Waals surface area contributed by atoms with E-state index in [1.165, 1.54) is 24.3 Å². The van der Waals surface area contributed by atoms with Crippen LogP contribution in [0, 0.1) is 0 Å². The van der Waals surface area contributed by atoms with Gasteiger partial charge in [-0.1, -0.05) is 45.2 Å². The molecule has 0 radical (unpaired) electrons. The Kier molecular flexibility index (Phi) is 8.49. The molecule has 6 nitrogen and oxygen atoms in total. The molecule has 0 heterocycles. The predicted octanol–water partition coefficient (Wildman–Crippen LogP) is 4.28. The maximum atomic E-state index is 13.7. The van der Waals surface area contributed by atoms with Gasteiger partial charge >= 0.3 is 6.18 Å². The fourth-order valence-corrected chi connectivity index (χ4v) is 4.30. The van der Waals surface area contributed by atoms with Crippen LogP contribution in [0.1, 0.15) is 11.1 Å². The number of hydrogen-bond donors (Lipinski definition) is 3. The third-order valence-electron chi connectivity index (χ3n) is 4.28. The molecule has 0 saturated carbocycles. The molecule has 2 aromatic rings. The highest BCUT2D eigenvalue weighted by molar-refractivity contribution is 9.10. The minimum atomic E-state index is -5.03. The second kappa shape index (κ2) is 10.2. The zero-order chi connectivity index (χ0) is 24.3. The van der Waals surface area contributed by atoms with Gasteiger partial charge in [0.25, 0.3) is 0 Å². The van der Waals surface area contributed by atoms with Crippen LogP contribution in [0.5, 0.6) is 0 Å². The van der Waals surface area contributed by atoms with E-state index >= 15 is 0 Å². The summed E-state index contributed by atoms with van der Waals surface area (Å²) in [5, 5.41) is 15.3. The first-order valence-corrected chi connectivity index (χ1v) is 12.4. The largest absolute Gasteiger partial charge is 0.423 e. The first-order chi connectivity index (χ1) is 14.6. The lowest BCUT2D eigenvalue weighted by Crippen LogP contribution is -2.47. The molecular formula is C19H18BrCl2F3N2O4S. The number of alkyl halides is 3. The van der Waals surface area contributed by atoms with Crippen LogP contribution in [0.25, 0.3) is 0 Å². The Labute approximate surface area is 201 Å². The topological polar surface area (TPSA) is 95.5 Å². The highest BCUT2D eigenvalue weighted by atomic mass is 79.9. The number of carbonyl (C=O) groups is 1. The number of sulfone groups is 1. The Morgan fingerprint density at radius 3 is 2.22 bits per heavy atom. The lowest BCUT2D eigenvalue weighted by Gasteiger charge is -2.32. The SMILES string of the molecule is CS(=O)(=O)CC(=O)NCc1ccc(NC[C@@](O)(c2cc(Cl)cc(Cl)c2)C(F)(F)F)cc1Br. The van der Waals surface area contributed by atoms with E-state index in [1.54, 1.807) is 0 Å². The molecule has 0 saturated heterocycles. The summed E-state index contributed by atoms with van der Waals surface area (Å²) in [5.74, 6) is -1.34. The molecule has 1 atom stereocenters. The third-order valence-corrected chi connectivity index (χ3v) is 6.24. The Morgan fingerprint density at radius 1 is 1.12 bits per heavy atom. The second-order valence-electron chi connectivity index (χ2n) is 7.02. The van der Waals surface area contributed by atoms with E-state index in [1.807, 2.05) is 0 Å². The van der Waals surface area contributed by atoms with Crippen LogP contribution < -0.4 is 10.6 Å². The molecule has 176 valence electrons. The first kappa shape index (κ1) is 26.7. The zero-order valence-electron chi connectivity index (χ0n) is 16.4. The van der Waals surface area contributed by atoms with Gasteiger partial charge in [0.05, 0.1) is 6.54 Å². The molecule has 1 amide bonds. The molecule has 0 unspecified atom stereocenters. The molecule has 0 aliphatic rings. The van der Waals surface area contributed by atoms with Crippen molar-refractivity contribution in [3.05, 3.63) is 62.0 Å². The predicted molar refractivity (Wildman–Crippen MR) is 121 cm³/mol. The quantitative estimate of drug-likeness (QED) is 0.435. The van der Waals surface area contributed by atoms with E-state index in [2.05, 4.69) is 26.6 Å². The number of halogens is 6. The summed E-state index contributed by atoms with van der Waals surface area (Å²) in [7, 11) is -3.47. The number of benzene rings is 2. The summed E-state index contributed by atoms with van der Waals surface area (Å²) in [6, 6.07) is 7.66. The minimum absolute atomic E-state index is 0.00270. The normalized spacial score (nSPS) is 14.0. The van der Waals surface area contributed by atoms with Crippen molar-refractivity contribution in [1.82, 2.24) is 5.32 Å². The van der Waals surface area contributed by atoms with Crippen molar-refractivity contribution in [2.24, 2.45) is 0 Å². The second-order valence-corrected chi connectivity index (χ2v) is 10.9. The number of hydrogen-bond acceptors (Lipinski definition) is 5. The van der Waals surface area contributed by atoms with Crippen molar-refractivity contribution in [2.75, 3.05) is 23.9 Å². The summed E-state index contributed by atoms with van der Waals surface area (Å²) in [5.41, 5.74) is -2.98. The van der Waals surface area contributed by atoms with Gasteiger partial charge in [0.1, 0.15) is 5.75 Å². The van der Waals surface area contributed by atoms with E-state index < -0.39 is 45.4 Å². The maximum absolute atomic E-state index is 13.7. The van der Waals surface area contributed by atoms with Gasteiger partial charge in [-0.05, 0) is 41.5 Å². The standard InChI is InChI=1S/C19H18BrCl2F3N2O4S/c1-32(30,31)9-17(28)26-8-11-2-3-15(7-16(11)20)27-10-18(29,19(23,24)25)12-4-13(21)6-14(22)5-12/h2-7,27,29H,8-10H2,1H3,(H,26,28)/t18-/m1/s1. The molecule has 0 spiro atoms. The molecule has 0 bridgehead atoms. The summed E-state index contributed by atoms with van der Waals surface area (Å²) in [6.07, 6.45) is -4.10. The number of anilines is 1. The molecule has 0 aliphatic carbocycles. The smallest absolute Gasteiger partial charge is 0.381 e. The van der Waals surface area contributed by atoms with Gasteiger partial charge < -0.3 is 15.7 Å². The Hall–Kier alpha value is -1.53. The highest BCUT2D eigenvalue weighted by Gasteiger charge is 2.55. The highest BCUT2D eigenvalue weighted by Crippen LogP contribution is 2.41. The van der Waals surface area contributed by atoms with Gasteiger partial charge in [0.15, 0.2) is 9.84 Å². The number of nitrogens with one attached hydrogen (secondary N) is 2. The molecule has 2 aromatic carbocycles. The third kappa shape index (κ3) is 7.24. The lowest BCUT2D eigenvalue weighted by molar-refractivity contribution is -0.260. The van der Waals surface area contributed by atoms with Gasteiger partial charge in [-0.3, -0.25) is 4.79 Å². The van der Waals surface area contributed by atoms with Gasteiger partial charge in [-0.15, -0.1) is 0 Å². The number of amides is 1. The average Bonchev–Trinajstić information content (AvgIpc) is 2.62. The van der Waals surface area contributed by atoms with Crippen molar-refractivity contribution in [3.8, 4) is 0 Å². The Balaban J connectivity index is 2.16. The molecule has 0 aromatic heterocycles. The molecule has 13 heteroatoms. The van der Waals surface area contributed by atoms with Crippen LogP contribution in [0.15, 0.2) is 40.9 Å². The van der Waals surface area contributed by atoms with Crippen molar-refractivity contribution in [3.63, 3.8) is 0 Å². The van der Waals surface area contributed by atoms with Crippen LogP contribution in [0.3, 0.4) is 0 Å². The van der Waals surface area contributed by atoms with Crippen LogP contribution in [0.4, 0.5) is 18.9 Å². The zero-order valence-corrected chi connectivity index (χ0v) is 20.3. The summed E-state index contributed by atoms with van der Waals surface area (Å²) >= 11 is 14.8. The average molecular weight is 578 g/mol. The van der Waals surface area contributed by atoms with E-state index in [0.717, 1.165) is 18.4 Å². The molecular weight excluding hydrogens is 560 g/mol. The number of rotatable bonds is 8. The molecule has 2 rings (SSSR count). The first-order valence-electron chi connectivity index (χ1n) is 8.83. The monoisotopic (exact) mass is 576 g/mol. The summed E-state index contributed by atoms with van der Waals surface area (Å²) in [6.45, 7) is -0.924. The summed E-state index contributed by atoms with van der Waals surface area (Å²) < 4.78 is 63.9. The van der Waals surface area contributed by atoms with Gasteiger partial charge in [0.2, 0.25) is 11.5 Å². The van der Waals surface area contributed by atoms with Crippen molar-refractivity contribution in [1.29, 1.82) is 0 Å². The van der Waals surface area contributed by atoms with Gasteiger partial charge in [-0.25, -0.2) is 8.42 Å². The fraction of sp³-hybridized carbons (Fsp3) is 0.316. The van der Waals surface area contributed by atoms with Crippen LogP contribution in [0.2, 0.25) is 10.0 Å². The number of carbonyl (C=O) groups excluding carboxylic acids is 1. The minimum Gasteiger partial charge on any atom is -0.381 e. The van der Waals surface area contributed by atoms with Gasteiger partial charge in [-0.2, -0.15) is 13.2 Å². The lowest BCUT2D eigenvalue weighted by atomic mass is 9.92. The van der Waals surface area contributed by atoms with Gasteiger partial charge in [0, 0.05) is 33.0 Å². The summed E-state index contributed by atoms with van der Waals surface area (Å²) in [4.78, 5) is 11.6. The van der Waals surface area contributed by atoms with Crippen LogP contribution >= 0.6 is 39.1 Å². The number of aliphatic hydroxyl groups is 1. The Morgan fingerprint density at radius 2 is 1.72 bits per heavy atom. The van der Waals surface area contributed by atoms with E-state index in [0.29, 0.717) is 10.0 Å². The van der Waals surface area contributed by atoms with E-state index in [9.17, 15) is 31.5 Å².